The monoisotopic (exact) mass is 376 g/mol. The van der Waals surface area contributed by atoms with Crippen LogP contribution in [0.3, 0.4) is 0 Å². The lowest BCUT2D eigenvalue weighted by Crippen LogP contribution is -2.46. The SMILES string of the molecule is C[C@H](N[C@@H]1CCCN(c2ccccc2Cl)C1)c1ccc([S@](C)=O)cc1. The molecule has 0 radical (unpaired) electrons. The number of rotatable bonds is 5. The minimum Gasteiger partial charge on any atom is -0.369 e. The van der Waals surface area contributed by atoms with Crippen molar-refractivity contribution < 1.29 is 4.21 Å². The van der Waals surface area contributed by atoms with Crippen LogP contribution in [0, 0.1) is 0 Å². The van der Waals surface area contributed by atoms with E-state index in [9.17, 15) is 4.21 Å². The standard InChI is InChI=1S/C20H25ClN2OS/c1-15(16-9-11-18(12-10-16)25(2)24)22-17-6-5-13-23(14-17)20-8-4-3-7-19(20)21/h3-4,7-12,15,17,22H,5-6,13-14H2,1-2H3/t15-,17+,25-/m0/s1. The summed E-state index contributed by atoms with van der Waals surface area (Å²) in [6.45, 7) is 4.20. The van der Waals surface area contributed by atoms with Crippen LogP contribution in [0.15, 0.2) is 53.4 Å². The highest BCUT2D eigenvalue weighted by Crippen LogP contribution is 2.28. The van der Waals surface area contributed by atoms with Crippen molar-refractivity contribution >= 4 is 28.1 Å². The molecule has 1 aliphatic rings. The van der Waals surface area contributed by atoms with Crippen LogP contribution in [0.5, 0.6) is 0 Å². The van der Waals surface area contributed by atoms with Gasteiger partial charge in [0.15, 0.2) is 0 Å². The van der Waals surface area contributed by atoms with Crippen molar-refractivity contribution in [2.24, 2.45) is 0 Å². The molecule has 3 rings (SSSR count). The Morgan fingerprint density at radius 3 is 2.60 bits per heavy atom. The first-order valence-electron chi connectivity index (χ1n) is 8.73. The number of nitrogens with zero attached hydrogens (tertiary/aromatic N) is 1. The molecule has 0 bridgehead atoms. The molecule has 0 aliphatic carbocycles. The molecular formula is C20H25ClN2OS. The van der Waals surface area contributed by atoms with E-state index in [1.807, 2.05) is 30.3 Å². The first kappa shape index (κ1) is 18.4. The van der Waals surface area contributed by atoms with Gasteiger partial charge < -0.3 is 10.2 Å². The van der Waals surface area contributed by atoms with E-state index in [0.717, 1.165) is 35.1 Å². The second-order valence-corrected chi connectivity index (χ2v) is 8.43. The average molecular weight is 377 g/mol. The van der Waals surface area contributed by atoms with E-state index in [2.05, 4.69) is 35.3 Å². The first-order valence-corrected chi connectivity index (χ1v) is 10.7. The van der Waals surface area contributed by atoms with Crippen molar-refractivity contribution in [3.63, 3.8) is 0 Å². The highest BCUT2D eigenvalue weighted by atomic mass is 35.5. The Hall–Kier alpha value is -1.36. The van der Waals surface area contributed by atoms with E-state index in [1.165, 1.54) is 12.0 Å². The third kappa shape index (κ3) is 4.63. The summed E-state index contributed by atoms with van der Waals surface area (Å²) in [5, 5.41) is 4.56. The molecular weight excluding hydrogens is 352 g/mol. The Balaban J connectivity index is 1.64. The van der Waals surface area contributed by atoms with E-state index in [4.69, 9.17) is 11.6 Å². The highest BCUT2D eigenvalue weighted by molar-refractivity contribution is 7.84. The van der Waals surface area contributed by atoms with Gasteiger partial charge in [0.1, 0.15) is 0 Å². The van der Waals surface area contributed by atoms with Crippen molar-refractivity contribution in [1.29, 1.82) is 0 Å². The molecule has 3 nitrogen and oxygen atoms in total. The predicted molar refractivity (Wildman–Crippen MR) is 107 cm³/mol. The van der Waals surface area contributed by atoms with Crippen LogP contribution in [0.1, 0.15) is 31.4 Å². The van der Waals surface area contributed by atoms with Gasteiger partial charge in [-0.3, -0.25) is 4.21 Å². The van der Waals surface area contributed by atoms with Gasteiger partial charge in [0.05, 0.1) is 10.7 Å². The molecule has 0 aromatic heterocycles. The Labute approximate surface area is 157 Å². The van der Waals surface area contributed by atoms with Gasteiger partial charge in [0.2, 0.25) is 0 Å². The fraction of sp³-hybridized carbons (Fsp3) is 0.400. The number of benzene rings is 2. The van der Waals surface area contributed by atoms with Crippen LogP contribution in [-0.4, -0.2) is 29.6 Å². The van der Waals surface area contributed by atoms with Crippen LogP contribution in [0.2, 0.25) is 5.02 Å². The molecule has 1 heterocycles. The average Bonchev–Trinajstić information content (AvgIpc) is 2.62. The maximum Gasteiger partial charge on any atom is 0.0639 e. The van der Waals surface area contributed by atoms with Crippen molar-refractivity contribution in [1.82, 2.24) is 5.32 Å². The van der Waals surface area contributed by atoms with Gasteiger partial charge in [-0.25, -0.2) is 0 Å². The van der Waals surface area contributed by atoms with Crippen molar-refractivity contribution in [2.45, 2.75) is 36.7 Å². The minimum atomic E-state index is -0.925. The molecule has 0 spiro atoms. The number of anilines is 1. The van der Waals surface area contributed by atoms with E-state index in [1.54, 1.807) is 6.26 Å². The van der Waals surface area contributed by atoms with Crippen molar-refractivity contribution in [2.75, 3.05) is 24.2 Å². The number of nitrogens with one attached hydrogen (secondary N) is 1. The number of halogens is 1. The molecule has 3 atom stereocenters. The Morgan fingerprint density at radius 2 is 1.92 bits per heavy atom. The summed E-state index contributed by atoms with van der Waals surface area (Å²) in [5.74, 6) is 0. The lowest BCUT2D eigenvalue weighted by atomic mass is 10.0. The molecule has 0 amide bonds. The molecule has 1 saturated heterocycles. The zero-order chi connectivity index (χ0) is 17.8. The lowest BCUT2D eigenvalue weighted by Gasteiger charge is -2.36. The van der Waals surface area contributed by atoms with Crippen LogP contribution >= 0.6 is 11.6 Å². The molecule has 1 fully saturated rings. The van der Waals surface area contributed by atoms with Crippen LogP contribution in [0.25, 0.3) is 0 Å². The smallest absolute Gasteiger partial charge is 0.0639 e. The second-order valence-electron chi connectivity index (χ2n) is 6.65. The molecule has 0 unspecified atom stereocenters. The van der Waals surface area contributed by atoms with Gasteiger partial charge in [0.25, 0.3) is 0 Å². The van der Waals surface area contributed by atoms with Crippen molar-refractivity contribution in [3.05, 3.63) is 59.1 Å². The van der Waals surface area contributed by atoms with E-state index < -0.39 is 10.8 Å². The van der Waals surface area contributed by atoms with Gasteiger partial charge in [-0.15, -0.1) is 0 Å². The number of para-hydroxylation sites is 1. The fourth-order valence-electron chi connectivity index (χ4n) is 3.44. The molecule has 5 heteroatoms. The predicted octanol–water partition coefficient (Wildman–Crippen LogP) is 4.40. The Bertz CT molecular complexity index is 735. The molecule has 0 saturated carbocycles. The minimum absolute atomic E-state index is 0.260. The summed E-state index contributed by atoms with van der Waals surface area (Å²) in [4.78, 5) is 3.25. The van der Waals surface area contributed by atoms with Gasteiger partial charge in [0, 0.05) is 47.1 Å². The molecule has 25 heavy (non-hydrogen) atoms. The van der Waals surface area contributed by atoms with E-state index in [-0.39, 0.29) is 6.04 Å². The summed E-state index contributed by atoms with van der Waals surface area (Å²) in [6.07, 6.45) is 4.04. The molecule has 134 valence electrons. The number of hydrogen-bond acceptors (Lipinski definition) is 3. The summed E-state index contributed by atoms with van der Waals surface area (Å²) < 4.78 is 11.5. The van der Waals surface area contributed by atoms with Crippen LogP contribution < -0.4 is 10.2 Å². The maximum absolute atomic E-state index is 11.5. The maximum atomic E-state index is 11.5. The zero-order valence-corrected chi connectivity index (χ0v) is 16.3. The summed E-state index contributed by atoms with van der Waals surface area (Å²) in [7, 11) is -0.925. The topological polar surface area (TPSA) is 32.3 Å². The first-order chi connectivity index (χ1) is 12.0. The molecule has 1 aliphatic heterocycles. The van der Waals surface area contributed by atoms with Crippen molar-refractivity contribution in [3.8, 4) is 0 Å². The van der Waals surface area contributed by atoms with Gasteiger partial charge in [-0.2, -0.15) is 0 Å². The van der Waals surface area contributed by atoms with E-state index >= 15 is 0 Å². The Morgan fingerprint density at radius 1 is 1.20 bits per heavy atom. The molecule has 1 N–H and O–H groups in total. The van der Waals surface area contributed by atoms with Gasteiger partial charge in [-0.05, 0) is 49.6 Å². The largest absolute Gasteiger partial charge is 0.369 e. The summed E-state index contributed by atoms with van der Waals surface area (Å²) in [6, 6.07) is 16.8. The number of hydrogen-bond donors (Lipinski definition) is 1. The second kappa shape index (κ2) is 8.35. The Kier molecular flexibility index (Phi) is 6.15. The third-order valence-corrected chi connectivity index (χ3v) is 6.07. The summed E-state index contributed by atoms with van der Waals surface area (Å²) in [5.41, 5.74) is 2.35. The van der Waals surface area contributed by atoms with Gasteiger partial charge >= 0.3 is 0 Å². The number of piperidine rings is 1. The molecule has 2 aromatic rings. The van der Waals surface area contributed by atoms with E-state index in [0.29, 0.717) is 6.04 Å². The molecule has 2 aromatic carbocycles. The van der Waals surface area contributed by atoms with Crippen LogP contribution in [-0.2, 0) is 10.8 Å². The van der Waals surface area contributed by atoms with Gasteiger partial charge in [-0.1, -0.05) is 35.9 Å². The zero-order valence-electron chi connectivity index (χ0n) is 14.7. The fourth-order valence-corrected chi connectivity index (χ4v) is 4.21. The highest BCUT2D eigenvalue weighted by Gasteiger charge is 2.22. The normalized spacial score (nSPS) is 20.3. The summed E-state index contributed by atoms with van der Waals surface area (Å²) >= 11 is 6.36. The third-order valence-electron chi connectivity index (χ3n) is 4.81. The quantitative estimate of drug-likeness (QED) is 0.839. The van der Waals surface area contributed by atoms with Crippen LogP contribution in [0.4, 0.5) is 5.69 Å². The lowest BCUT2D eigenvalue weighted by molar-refractivity contribution is 0.388.